The van der Waals surface area contributed by atoms with Crippen molar-refractivity contribution in [2.45, 2.75) is 64.0 Å². The lowest BCUT2D eigenvalue weighted by Crippen LogP contribution is -2.43. The Kier molecular flexibility index (Phi) is 4.62. The summed E-state index contributed by atoms with van der Waals surface area (Å²) in [5, 5.41) is 3.45. The molecule has 130 valence electrons. The predicted molar refractivity (Wildman–Crippen MR) is 96.5 cm³/mol. The van der Waals surface area contributed by atoms with E-state index in [0.29, 0.717) is 23.3 Å². The number of amides is 1. The van der Waals surface area contributed by atoms with Gasteiger partial charge < -0.3 is 10.2 Å². The minimum atomic E-state index is 0.297. The molecule has 1 aromatic rings. The van der Waals surface area contributed by atoms with Crippen LogP contribution < -0.4 is 5.32 Å². The molecule has 1 N–H and O–H groups in total. The maximum atomic E-state index is 13.4. The molecule has 4 rings (SSSR count). The molecule has 0 bridgehead atoms. The first-order valence-corrected chi connectivity index (χ1v) is 9.84. The summed E-state index contributed by atoms with van der Waals surface area (Å²) in [6.45, 7) is 2.98. The van der Waals surface area contributed by atoms with Crippen LogP contribution in [0.4, 0.5) is 0 Å². The first-order valence-electron chi connectivity index (χ1n) is 9.84. The van der Waals surface area contributed by atoms with Gasteiger partial charge in [-0.3, -0.25) is 4.79 Å². The van der Waals surface area contributed by atoms with E-state index in [1.54, 1.807) is 0 Å². The average Bonchev–Trinajstić information content (AvgIpc) is 3.34. The molecule has 1 heterocycles. The van der Waals surface area contributed by atoms with E-state index >= 15 is 0 Å². The summed E-state index contributed by atoms with van der Waals surface area (Å²) in [6.07, 6.45) is 9.79. The van der Waals surface area contributed by atoms with Gasteiger partial charge in [0, 0.05) is 18.5 Å². The lowest BCUT2D eigenvalue weighted by atomic mass is 9.90. The zero-order chi connectivity index (χ0) is 16.4. The van der Waals surface area contributed by atoms with Crippen LogP contribution in [-0.2, 0) is 11.3 Å². The summed E-state index contributed by atoms with van der Waals surface area (Å²) in [5.74, 6) is 0.748. The molecule has 1 aliphatic heterocycles. The van der Waals surface area contributed by atoms with E-state index < -0.39 is 0 Å². The second kappa shape index (κ2) is 6.87. The van der Waals surface area contributed by atoms with Crippen molar-refractivity contribution in [2.24, 2.45) is 11.3 Å². The number of nitrogens with zero attached hydrogens (tertiary/aromatic N) is 1. The van der Waals surface area contributed by atoms with Gasteiger partial charge in [-0.25, -0.2) is 0 Å². The lowest BCUT2D eigenvalue weighted by Gasteiger charge is -2.36. The molecule has 1 spiro atoms. The normalized spacial score (nSPS) is 26.2. The van der Waals surface area contributed by atoms with E-state index in [0.717, 1.165) is 26.1 Å². The Bertz CT molecular complexity index is 558. The summed E-state index contributed by atoms with van der Waals surface area (Å²) < 4.78 is 0. The Morgan fingerprint density at radius 2 is 1.79 bits per heavy atom. The van der Waals surface area contributed by atoms with Crippen LogP contribution in [0, 0.1) is 11.3 Å². The average molecular weight is 326 g/mol. The van der Waals surface area contributed by atoms with Crippen LogP contribution in [0.5, 0.6) is 0 Å². The van der Waals surface area contributed by atoms with Gasteiger partial charge in [0.25, 0.3) is 0 Å². The number of carbonyl (C=O) groups excluding carboxylic acids is 1. The van der Waals surface area contributed by atoms with Crippen LogP contribution in [0.1, 0.15) is 56.9 Å². The molecule has 3 aliphatic rings. The highest BCUT2D eigenvalue weighted by atomic mass is 16.2. The second-order valence-corrected chi connectivity index (χ2v) is 8.11. The number of rotatable bonds is 4. The molecular formula is C21H30N2O. The van der Waals surface area contributed by atoms with Gasteiger partial charge in [0.15, 0.2) is 0 Å². The maximum absolute atomic E-state index is 13.4. The van der Waals surface area contributed by atoms with E-state index in [-0.39, 0.29) is 0 Å². The van der Waals surface area contributed by atoms with Gasteiger partial charge in [0.05, 0.1) is 0 Å². The van der Waals surface area contributed by atoms with Crippen molar-refractivity contribution in [1.82, 2.24) is 10.2 Å². The monoisotopic (exact) mass is 326 g/mol. The van der Waals surface area contributed by atoms with Crippen LogP contribution in [0.2, 0.25) is 0 Å². The van der Waals surface area contributed by atoms with Crippen LogP contribution in [0.3, 0.4) is 0 Å². The number of piperidine rings is 1. The Labute approximate surface area is 145 Å². The van der Waals surface area contributed by atoms with E-state index in [2.05, 4.69) is 40.5 Å². The fourth-order valence-corrected chi connectivity index (χ4v) is 4.93. The Morgan fingerprint density at radius 3 is 2.50 bits per heavy atom. The summed E-state index contributed by atoms with van der Waals surface area (Å²) in [5.41, 5.74) is 1.61. The summed E-state index contributed by atoms with van der Waals surface area (Å²) >= 11 is 0. The van der Waals surface area contributed by atoms with Gasteiger partial charge in [-0.15, -0.1) is 0 Å². The fourth-order valence-electron chi connectivity index (χ4n) is 4.93. The zero-order valence-electron chi connectivity index (χ0n) is 14.7. The Morgan fingerprint density at radius 1 is 1.08 bits per heavy atom. The van der Waals surface area contributed by atoms with E-state index in [9.17, 15) is 4.79 Å². The minimum absolute atomic E-state index is 0.297. The molecule has 1 amide bonds. The van der Waals surface area contributed by atoms with Crippen molar-refractivity contribution in [3.05, 3.63) is 35.9 Å². The topological polar surface area (TPSA) is 32.3 Å². The maximum Gasteiger partial charge on any atom is 0.226 e. The first-order chi connectivity index (χ1) is 11.8. The van der Waals surface area contributed by atoms with Crippen molar-refractivity contribution >= 4 is 5.91 Å². The first kappa shape index (κ1) is 16.1. The predicted octanol–water partition coefficient (Wildman–Crippen LogP) is 3.74. The van der Waals surface area contributed by atoms with Crippen molar-refractivity contribution in [3.63, 3.8) is 0 Å². The van der Waals surface area contributed by atoms with E-state index in [1.807, 2.05) is 0 Å². The molecule has 1 unspecified atom stereocenters. The molecule has 3 heteroatoms. The second-order valence-electron chi connectivity index (χ2n) is 8.11. The Balaban J connectivity index is 1.50. The van der Waals surface area contributed by atoms with Gasteiger partial charge in [-0.1, -0.05) is 49.6 Å². The highest BCUT2D eigenvalue weighted by Crippen LogP contribution is 2.59. The summed E-state index contributed by atoms with van der Waals surface area (Å²) in [7, 11) is 0. The standard InChI is InChI=1S/C21H30N2O/c24-20(19-15-21(19)11-13-22-14-12-21)23(18-9-5-2-6-10-18)16-17-7-3-1-4-8-17/h1,3-4,7-8,18-19,22H,2,5-6,9-16H2. The number of hydrogen-bond acceptors (Lipinski definition) is 2. The van der Waals surface area contributed by atoms with Gasteiger partial charge in [-0.2, -0.15) is 0 Å². The number of carbonyl (C=O) groups is 1. The van der Waals surface area contributed by atoms with Gasteiger partial charge >= 0.3 is 0 Å². The van der Waals surface area contributed by atoms with Gasteiger partial charge in [0.2, 0.25) is 5.91 Å². The quantitative estimate of drug-likeness (QED) is 0.914. The molecule has 2 saturated carbocycles. The molecule has 3 fully saturated rings. The van der Waals surface area contributed by atoms with Gasteiger partial charge in [-0.05, 0) is 56.2 Å². The third-order valence-electron chi connectivity index (χ3n) is 6.58. The zero-order valence-corrected chi connectivity index (χ0v) is 14.7. The molecule has 0 radical (unpaired) electrons. The minimum Gasteiger partial charge on any atom is -0.335 e. The highest BCUT2D eigenvalue weighted by molar-refractivity contribution is 5.83. The smallest absolute Gasteiger partial charge is 0.226 e. The molecule has 1 atom stereocenters. The van der Waals surface area contributed by atoms with Crippen molar-refractivity contribution in [2.75, 3.05) is 13.1 Å². The van der Waals surface area contributed by atoms with Crippen LogP contribution in [-0.4, -0.2) is 29.9 Å². The van der Waals surface area contributed by atoms with Crippen LogP contribution >= 0.6 is 0 Å². The third kappa shape index (κ3) is 3.23. The summed E-state index contributed by atoms with van der Waals surface area (Å²) in [6, 6.07) is 11.0. The molecule has 24 heavy (non-hydrogen) atoms. The molecular weight excluding hydrogens is 296 g/mol. The van der Waals surface area contributed by atoms with Crippen molar-refractivity contribution < 1.29 is 4.79 Å². The molecule has 1 aromatic carbocycles. The van der Waals surface area contributed by atoms with Crippen LogP contribution in [0.15, 0.2) is 30.3 Å². The SMILES string of the molecule is O=C(C1CC12CCNCC2)N(Cc1ccccc1)C1CCCCC1. The van der Waals surface area contributed by atoms with Crippen molar-refractivity contribution in [1.29, 1.82) is 0 Å². The molecule has 0 aromatic heterocycles. The number of hydrogen-bond donors (Lipinski definition) is 1. The molecule has 2 aliphatic carbocycles. The van der Waals surface area contributed by atoms with E-state index in [4.69, 9.17) is 0 Å². The highest BCUT2D eigenvalue weighted by Gasteiger charge is 2.58. The van der Waals surface area contributed by atoms with Crippen molar-refractivity contribution in [3.8, 4) is 0 Å². The summed E-state index contributed by atoms with van der Waals surface area (Å²) in [4.78, 5) is 15.6. The van der Waals surface area contributed by atoms with Gasteiger partial charge in [0.1, 0.15) is 0 Å². The largest absolute Gasteiger partial charge is 0.335 e. The number of benzene rings is 1. The lowest BCUT2D eigenvalue weighted by molar-refractivity contribution is -0.137. The van der Waals surface area contributed by atoms with Crippen LogP contribution in [0.25, 0.3) is 0 Å². The molecule has 3 nitrogen and oxygen atoms in total. The number of nitrogens with one attached hydrogen (secondary N) is 1. The third-order valence-corrected chi connectivity index (χ3v) is 6.58. The van der Waals surface area contributed by atoms with E-state index in [1.165, 1.54) is 50.5 Å². The molecule has 1 saturated heterocycles. The fraction of sp³-hybridized carbons (Fsp3) is 0.667. The Hall–Kier alpha value is -1.35.